The molecular formula is C14H16F3N3O3. The number of anilines is 1. The molecule has 126 valence electrons. The summed E-state index contributed by atoms with van der Waals surface area (Å²) >= 11 is 0. The van der Waals surface area contributed by atoms with E-state index < -0.39 is 17.8 Å². The number of nitrogens with one attached hydrogen (secondary N) is 2. The molecule has 0 saturated heterocycles. The largest absolute Gasteiger partial charge is 0.442 e. The van der Waals surface area contributed by atoms with Gasteiger partial charge in [0.2, 0.25) is 0 Å². The molecule has 0 aliphatic carbocycles. The van der Waals surface area contributed by atoms with Gasteiger partial charge in [-0.3, -0.25) is 0 Å². The molecule has 23 heavy (non-hydrogen) atoms. The van der Waals surface area contributed by atoms with Crippen molar-refractivity contribution >= 4 is 17.5 Å². The molecule has 1 amide bonds. The minimum Gasteiger partial charge on any atom is -0.442 e. The van der Waals surface area contributed by atoms with E-state index in [1.807, 2.05) is 0 Å². The van der Waals surface area contributed by atoms with Crippen molar-refractivity contribution in [1.29, 1.82) is 0 Å². The molecule has 0 bridgehead atoms. The second-order valence-corrected chi connectivity index (χ2v) is 5.06. The number of carbonyl (C=O) groups is 1. The maximum absolute atomic E-state index is 13.3. The highest BCUT2D eigenvalue weighted by atomic mass is 19.4. The zero-order valence-corrected chi connectivity index (χ0v) is 12.3. The maximum Gasteiger partial charge on any atom is 0.428 e. The summed E-state index contributed by atoms with van der Waals surface area (Å²) in [6.45, 7) is 1.36. The second-order valence-electron chi connectivity index (χ2n) is 5.06. The van der Waals surface area contributed by atoms with Gasteiger partial charge in [0.15, 0.2) is 0 Å². The van der Waals surface area contributed by atoms with Crippen LogP contribution in [0.3, 0.4) is 0 Å². The molecule has 1 aliphatic heterocycles. The number of nitrogens with zero attached hydrogens (tertiary/aromatic N) is 1. The predicted octanol–water partition coefficient (Wildman–Crippen LogP) is 2.33. The number of hydrogen-bond acceptors (Lipinski definition) is 5. The van der Waals surface area contributed by atoms with Gasteiger partial charge < -0.3 is 15.2 Å². The topological polar surface area (TPSA) is 83.0 Å². The number of hydrogen-bond donors (Lipinski definition) is 3. The number of hydrazone groups is 1. The number of ether oxygens (including phenoxy) is 1. The van der Waals surface area contributed by atoms with Crippen molar-refractivity contribution in [2.45, 2.75) is 25.6 Å². The number of aliphatic hydroxyl groups is 1. The van der Waals surface area contributed by atoms with E-state index >= 15 is 0 Å². The number of alkyl halides is 3. The van der Waals surface area contributed by atoms with Crippen molar-refractivity contribution in [2.24, 2.45) is 5.10 Å². The highest BCUT2D eigenvalue weighted by Crippen LogP contribution is 2.36. The molecule has 0 saturated carbocycles. The molecule has 6 nitrogen and oxygen atoms in total. The summed E-state index contributed by atoms with van der Waals surface area (Å²) in [4.78, 5) is 10.9. The third-order valence-electron chi connectivity index (χ3n) is 3.24. The van der Waals surface area contributed by atoms with Crippen LogP contribution in [0.1, 0.15) is 24.5 Å². The van der Waals surface area contributed by atoms with Gasteiger partial charge in [0.1, 0.15) is 12.3 Å². The molecule has 0 radical (unpaired) electrons. The second kappa shape index (κ2) is 6.86. The third-order valence-corrected chi connectivity index (χ3v) is 3.24. The molecule has 1 aromatic rings. The van der Waals surface area contributed by atoms with Crippen LogP contribution in [0.5, 0.6) is 0 Å². The van der Waals surface area contributed by atoms with Crippen LogP contribution in [-0.4, -0.2) is 36.2 Å². The van der Waals surface area contributed by atoms with Gasteiger partial charge in [-0.15, -0.1) is 0 Å². The predicted molar refractivity (Wildman–Crippen MR) is 77.3 cm³/mol. The Bertz CT molecular complexity index is 617. The van der Waals surface area contributed by atoms with E-state index in [-0.39, 0.29) is 36.2 Å². The lowest BCUT2D eigenvalue weighted by molar-refractivity contribution is -0.137. The molecule has 3 N–H and O–H groups in total. The lowest BCUT2D eigenvalue weighted by Gasteiger charge is -2.20. The van der Waals surface area contributed by atoms with E-state index in [2.05, 4.69) is 15.8 Å². The van der Waals surface area contributed by atoms with Gasteiger partial charge in [-0.2, -0.15) is 18.3 Å². The number of amides is 1. The number of rotatable bonds is 5. The molecule has 9 heteroatoms. The van der Waals surface area contributed by atoms with Crippen LogP contribution in [0.15, 0.2) is 23.3 Å². The summed E-state index contributed by atoms with van der Waals surface area (Å²) in [7, 11) is 0. The first kappa shape index (κ1) is 17.1. The third kappa shape index (κ3) is 4.35. The SMILES string of the molecule is C[C@@H](CCO)Nc1ccc(C2=NNC(=O)OC2)cc1C(F)(F)F. The van der Waals surface area contributed by atoms with Crippen molar-refractivity contribution < 1.29 is 27.8 Å². The molecule has 1 aromatic carbocycles. The normalized spacial score (nSPS) is 16.2. The van der Waals surface area contributed by atoms with E-state index in [9.17, 15) is 18.0 Å². The first-order valence-electron chi connectivity index (χ1n) is 6.89. The van der Waals surface area contributed by atoms with Crippen molar-refractivity contribution in [3.8, 4) is 0 Å². The monoisotopic (exact) mass is 331 g/mol. The van der Waals surface area contributed by atoms with Crippen molar-refractivity contribution in [3.63, 3.8) is 0 Å². The smallest absolute Gasteiger partial charge is 0.428 e. The first-order valence-corrected chi connectivity index (χ1v) is 6.89. The fourth-order valence-corrected chi connectivity index (χ4v) is 2.07. The van der Waals surface area contributed by atoms with E-state index in [1.165, 1.54) is 12.1 Å². The Labute approximate surface area is 130 Å². The van der Waals surface area contributed by atoms with Crippen LogP contribution in [-0.2, 0) is 10.9 Å². The van der Waals surface area contributed by atoms with E-state index in [4.69, 9.17) is 9.84 Å². The van der Waals surface area contributed by atoms with Gasteiger partial charge in [0, 0.05) is 23.9 Å². The van der Waals surface area contributed by atoms with Gasteiger partial charge in [-0.05, 0) is 25.5 Å². The van der Waals surface area contributed by atoms with Crippen molar-refractivity contribution in [1.82, 2.24) is 5.43 Å². The summed E-state index contributed by atoms with van der Waals surface area (Å²) in [5, 5.41) is 15.3. The Morgan fingerprint density at radius 2 is 2.22 bits per heavy atom. The molecule has 1 atom stereocenters. The molecular weight excluding hydrogens is 315 g/mol. The molecule has 0 aromatic heterocycles. The van der Waals surface area contributed by atoms with Crippen molar-refractivity contribution in [3.05, 3.63) is 29.3 Å². The number of aliphatic hydroxyl groups excluding tert-OH is 1. The average Bonchev–Trinajstić information content (AvgIpc) is 2.47. The maximum atomic E-state index is 13.3. The van der Waals surface area contributed by atoms with E-state index in [0.717, 1.165) is 6.07 Å². The molecule has 2 rings (SSSR count). The molecule has 1 aliphatic rings. The summed E-state index contributed by atoms with van der Waals surface area (Å²) < 4.78 is 44.5. The van der Waals surface area contributed by atoms with Crippen LogP contribution in [0.25, 0.3) is 0 Å². The average molecular weight is 331 g/mol. The highest BCUT2D eigenvalue weighted by molar-refractivity contribution is 6.04. The van der Waals surface area contributed by atoms with Crippen LogP contribution in [0.4, 0.5) is 23.7 Å². The summed E-state index contributed by atoms with van der Waals surface area (Å²) in [6, 6.07) is 3.39. The zero-order chi connectivity index (χ0) is 17.0. The van der Waals surface area contributed by atoms with E-state index in [0.29, 0.717) is 6.42 Å². The molecule has 0 spiro atoms. The number of carbonyl (C=O) groups excluding carboxylic acids is 1. The Balaban J connectivity index is 2.33. The van der Waals surface area contributed by atoms with Crippen molar-refractivity contribution in [2.75, 3.05) is 18.5 Å². The standard InChI is InChI=1S/C14H16F3N3O3/c1-8(4-5-21)18-11-3-2-9(6-10(11)14(15,16)17)12-7-23-13(22)20-19-12/h2-3,6,8,18,21H,4-5,7H2,1H3,(H,20,22)/t8-/m0/s1. The Morgan fingerprint density at radius 3 is 2.78 bits per heavy atom. The minimum absolute atomic E-state index is 0.0800. The molecule has 0 fully saturated rings. The fourth-order valence-electron chi connectivity index (χ4n) is 2.07. The van der Waals surface area contributed by atoms with Gasteiger partial charge in [0.25, 0.3) is 0 Å². The Kier molecular flexibility index (Phi) is 5.09. The number of cyclic esters (lactones) is 1. The van der Waals surface area contributed by atoms with Gasteiger partial charge >= 0.3 is 12.3 Å². The Morgan fingerprint density at radius 1 is 1.48 bits per heavy atom. The van der Waals surface area contributed by atoms with Crippen LogP contribution >= 0.6 is 0 Å². The first-order chi connectivity index (χ1) is 10.8. The minimum atomic E-state index is -4.56. The van der Waals surface area contributed by atoms with Gasteiger partial charge in [0.05, 0.1) is 5.56 Å². The van der Waals surface area contributed by atoms with Gasteiger partial charge in [-0.1, -0.05) is 6.07 Å². The Hall–Kier alpha value is -2.29. The highest BCUT2D eigenvalue weighted by Gasteiger charge is 2.34. The summed E-state index contributed by atoms with van der Waals surface area (Å²) in [5.74, 6) is 0. The quantitative estimate of drug-likeness (QED) is 0.773. The number of benzene rings is 1. The fraction of sp³-hybridized carbons (Fsp3) is 0.429. The van der Waals surface area contributed by atoms with Crippen LogP contribution in [0, 0.1) is 0 Å². The summed E-state index contributed by atoms with van der Waals surface area (Å²) in [5.41, 5.74) is 1.53. The summed E-state index contributed by atoms with van der Waals surface area (Å²) in [6.07, 6.45) is -4.98. The van der Waals surface area contributed by atoms with Crippen LogP contribution in [0.2, 0.25) is 0 Å². The molecule has 1 heterocycles. The lowest BCUT2D eigenvalue weighted by atomic mass is 10.0. The van der Waals surface area contributed by atoms with Crippen LogP contribution < -0.4 is 10.7 Å². The lowest BCUT2D eigenvalue weighted by Crippen LogP contribution is -2.31. The number of halogens is 3. The zero-order valence-electron chi connectivity index (χ0n) is 12.3. The van der Waals surface area contributed by atoms with Gasteiger partial charge in [-0.25, -0.2) is 10.2 Å². The molecule has 0 unspecified atom stereocenters. The van der Waals surface area contributed by atoms with E-state index in [1.54, 1.807) is 6.92 Å².